The number of carbonyl (C=O) groups is 1. The maximum absolute atomic E-state index is 11.3. The van der Waals surface area contributed by atoms with E-state index in [4.69, 9.17) is 15.7 Å². The van der Waals surface area contributed by atoms with Crippen molar-refractivity contribution in [2.24, 2.45) is 5.73 Å². The van der Waals surface area contributed by atoms with Gasteiger partial charge in [-0.2, -0.15) is 5.26 Å². The van der Waals surface area contributed by atoms with E-state index in [0.717, 1.165) is 6.07 Å². The van der Waals surface area contributed by atoms with E-state index in [1.54, 1.807) is 12.1 Å². The molecule has 0 aliphatic carbocycles. The third kappa shape index (κ3) is 2.96. The first-order chi connectivity index (χ1) is 10.0. The van der Waals surface area contributed by atoms with Crippen LogP contribution in [0.3, 0.4) is 0 Å². The van der Waals surface area contributed by atoms with Crippen LogP contribution in [0.25, 0.3) is 0 Å². The maximum Gasteiger partial charge on any atom is 0.271 e. The van der Waals surface area contributed by atoms with E-state index >= 15 is 0 Å². The Morgan fingerprint density at radius 1 is 1.24 bits per heavy atom. The van der Waals surface area contributed by atoms with Gasteiger partial charge in [-0.25, -0.2) is 0 Å². The second-order valence-electron chi connectivity index (χ2n) is 4.01. The van der Waals surface area contributed by atoms with Crippen molar-refractivity contribution in [1.29, 1.82) is 5.26 Å². The predicted octanol–water partition coefficient (Wildman–Crippen LogP) is 2.36. The van der Waals surface area contributed by atoms with Gasteiger partial charge in [0.1, 0.15) is 23.1 Å². The third-order valence-electron chi connectivity index (χ3n) is 2.67. The molecule has 21 heavy (non-hydrogen) atoms. The summed E-state index contributed by atoms with van der Waals surface area (Å²) >= 11 is 0. The molecular formula is C14H9N3O4. The summed E-state index contributed by atoms with van der Waals surface area (Å²) < 4.78 is 5.48. The Kier molecular flexibility index (Phi) is 3.81. The highest BCUT2D eigenvalue weighted by Crippen LogP contribution is 2.30. The van der Waals surface area contributed by atoms with E-state index in [1.807, 2.05) is 6.07 Å². The molecule has 7 nitrogen and oxygen atoms in total. The number of nitriles is 1. The molecule has 1 amide bonds. The number of para-hydroxylation sites is 1. The van der Waals surface area contributed by atoms with Gasteiger partial charge in [0.15, 0.2) is 0 Å². The van der Waals surface area contributed by atoms with Gasteiger partial charge in [0.25, 0.3) is 11.6 Å². The van der Waals surface area contributed by atoms with E-state index in [2.05, 4.69) is 0 Å². The molecule has 0 saturated heterocycles. The number of nitrogens with zero attached hydrogens (tertiary/aromatic N) is 2. The molecule has 0 spiro atoms. The van der Waals surface area contributed by atoms with Gasteiger partial charge in [-0.3, -0.25) is 14.9 Å². The number of nitrogens with two attached hydrogens (primary N) is 1. The van der Waals surface area contributed by atoms with Crippen molar-refractivity contribution in [3.8, 4) is 17.6 Å². The Morgan fingerprint density at radius 3 is 2.57 bits per heavy atom. The molecule has 0 unspecified atom stereocenters. The zero-order valence-corrected chi connectivity index (χ0v) is 10.6. The van der Waals surface area contributed by atoms with Crippen LogP contribution in [0.1, 0.15) is 15.9 Å². The van der Waals surface area contributed by atoms with Crippen LogP contribution >= 0.6 is 0 Å². The zero-order chi connectivity index (χ0) is 15.4. The topological polar surface area (TPSA) is 119 Å². The lowest BCUT2D eigenvalue weighted by atomic mass is 10.1. The molecule has 0 aliphatic heterocycles. The normalized spacial score (nSPS) is 9.67. The highest BCUT2D eigenvalue weighted by Gasteiger charge is 2.15. The van der Waals surface area contributed by atoms with Gasteiger partial charge in [0.05, 0.1) is 10.5 Å². The number of nitro benzene ring substituents is 1. The summed E-state index contributed by atoms with van der Waals surface area (Å²) in [5.74, 6) is -0.391. The lowest BCUT2D eigenvalue weighted by Gasteiger charge is -2.10. The second-order valence-corrected chi connectivity index (χ2v) is 4.01. The van der Waals surface area contributed by atoms with Gasteiger partial charge in [0, 0.05) is 12.1 Å². The summed E-state index contributed by atoms with van der Waals surface area (Å²) in [6, 6.07) is 11.7. The number of primary amides is 1. The molecule has 7 heteroatoms. The Hall–Kier alpha value is -3.40. The molecule has 0 radical (unpaired) electrons. The van der Waals surface area contributed by atoms with Crippen LogP contribution in [0.15, 0.2) is 42.5 Å². The van der Waals surface area contributed by atoms with Gasteiger partial charge >= 0.3 is 0 Å². The standard InChI is InChI=1S/C14H9N3O4/c15-8-9-7-10(17(19)20)5-6-12(9)21-13-4-2-1-3-11(13)14(16)18/h1-7H,(H2,16,18). The molecule has 2 aromatic rings. The third-order valence-corrected chi connectivity index (χ3v) is 2.67. The van der Waals surface area contributed by atoms with Gasteiger partial charge < -0.3 is 10.5 Å². The fraction of sp³-hybridized carbons (Fsp3) is 0. The Bertz CT molecular complexity index is 765. The maximum atomic E-state index is 11.3. The fourth-order valence-corrected chi connectivity index (χ4v) is 1.69. The van der Waals surface area contributed by atoms with E-state index in [1.165, 1.54) is 24.3 Å². The monoisotopic (exact) mass is 283 g/mol. The van der Waals surface area contributed by atoms with Crippen LogP contribution in [-0.4, -0.2) is 10.8 Å². The molecule has 2 N–H and O–H groups in total. The van der Waals surface area contributed by atoms with Crippen molar-refractivity contribution >= 4 is 11.6 Å². The minimum Gasteiger partial charge on any atom is -0.455 e. The van der Waals surface area contributed by atoms with Gasteiger partial charge in [0.2, 0.25) is 0 Å². The minimum absolute atomic E-state index is 0.0107. The second kappa shape index (κ2) is 5.71. The molecule has 0 saturated carbocycles. The summed E-state index contributed by atoms with van der Waals surface area (Å²) in [5, 5.41) is 19.7. The molecule has 0 heterocycles. The van der Waals surface area contributed by atoms with Crippen LogP contribution < -0.4 is 10.5 Å². The number of nitro groups is 1. The van der Waals surface area contributed by atoms with Crippen molar-refractivity contribution in [1.82, 2.24) is 0 Å². The van der Waals surface area contributed by atoms with Crippen LogP contribution in [0.4, 0.5) is 5.69 Å². The van der Waals surface area contributed by atoms with Crippen molar-refractivity contribution in [3.63, 3.8) is 0 Å². The van der Waals surface area contributed by atoms with Gasteiger partial charge in [-0.1, -0.05) is 12.1 Å². The lowest BCUT2D eigenvalue weighted by molar-refractivity contribution is -0.384. The quantitative estimate of drug-likeness (QED) is 0.682. The minimum atomic E-state index is -0.675. The number of non-ortho nitro benzene ring substituents is 1. The predicted molar refractivity (Wildman–Crippen MR) is 72.8 cm³/mol. The molecule has 0 aliphatic rings. The number of rotatable bonds is 4. The molecular weight excluding hydrogens is 274 g/mol. The molecule has 0 fully saturated rings. The molecule has 0 aromatic heterocycles. The number of hydrogen-bond acceptors (Lipinski definition) is 5. The number of benzene rings is 2. The van der Waals surface area contributed by atoms with Crippen molar-refractivity contribution in [3.05, 3.63) is 63.7 Å². The van der Waals surface area contributed by atoms with Crippen LogP contribution in [-0.2, 0) is 0 Å². The average molecular weight is 283 g/mol. The van der Waals surface area contributed by atoms with Crippen LogP contribution in [0, 0.1) is 21.4 Å². The highest BCUT2D eigenvalue weighted by molar-refractivity contribution is 5.95. The first-order valence-electron chi connectivity index (χ1n) is 5.78. The van der Waals surface area contributed by atoms with Crippen LogP contribution in [0.2, 0.25) is 0 Å². The molecule has 2 rings (SSSR count). The van der Waals surface area contributed by atoms with E-state index < -0.39 is 10.8 Å². The number of amides is 1. The molecule has 2 aromatic carbocycles. The van der Waals surface area contributed by atoms with E-state index in [0.29, 0.717) is 0 Å². The van der Waals surface area contributed by atoms with E-state index in [-0.39, 0.29) is 28.3 Å². The average Bonchev–Trinajstić information content (AvgIpc) is 2.47. The molecule has 0 atom stereocenters. The van der Waals surface area contributed by atoms with Crippen molar-refractivity contribution in [2.75, 3.05) is 0 Å². The SMILES string of the molecule is N#Cc1cc([N+](=O)[O-])ccc1Oc1ccccc1C(N)=O. The summed E-state index contributed by atoms with van der Waals surface area (Å²) in [7, 11) is 0. The number of ether oxygens (including phenoxy) is 1. The smallest absolute Gasteiger partial charge is 0.271 e. The van der Waals surface area contributed by atoms with Crippen LogP contribution in [0.5, 0.6) is 11.5 Å². The Balaban J connectivity index is 2.43. The summed E-state index contributed by atoms with van der Waals surface area (Å²) in [4.78, 5) is 21.4. The zero-order valence-electron chi connectivity index (χ0n) is 10.6. The Labute approximate surface area is 119 Å². The summed E-state index contributed by atoms with van der Waals surface area (Å²) in [6.07, 6.45) is 0. The van der Waals surface area contributed by atoms with Gasteiger partial charge in [-0.15, -0.1) is 0 Å². The summed E-state index contributed by atoms with van der Waals surface area (Å²) in [6.45, 7) is 0. The Morgan fingerprint density at radius 2 is 1.95 bits per heavy atom. The van der Waals surface area contributed by atoms with Gasteiger partial charge in [-0.05, 0) is 18.2 Å². The molecule has 104 valence electrons. The largest absolute Gasteiger partial charge is 0.455 e. The lowest BCUT2D eigenvalue weighted by Crippen LogP contribution is -2.12. The first-order valence-corrected chi connectivity index (χ1v) is 5.78. The fourth-order valence-electron chi connectivity index (χ4n) is 1.69. The van der Waals surface area contributed by atoms with E-state index in [9.17, 15) is 14.9 Å². The number of hydrogen-bond donors (Lipinski definition) is 1. The molecule has 0 bridgehead atoms. The number of carbonyl (C=O) groups excluding carboxylic acids is 1. The van der Waals surface area contributed by atoms with Crippen molar-refractivity contribution < 1.29 is 14.5 Å². The highest BCUT2D eigenvalue weighted by atomic mass is 16.6. The first kappa shape index (κ1) is 14.0. The van der Waals surface area contributed by atoms with Crippen molar-refractivity contribution in [2.45, 2.75) is 0 Å². The summed E-state index contributed by atoms with van der Waals surface area (Å²) in [5.41, 5.74) is 5.15.